The molecule has 1 aliphatic rings. The van der Waals surface area contributed by atoms with Gasteiger partial charge in [-0.05, 0) is 29.0 Å². The summed E-state index contributed by atoms with van der Waals surface area (Å²) in [6, 6.07) is 14.0. The molecule has 152 valence electrons. The highest BCUT2D eigenvalue weighted by Crippen LogP contribution is 2.33. The molecule has 0 N–H and O–H groups in total. The molecule has 0 atom stereocenters. The number of carbonyl (C=O) groups excluding carboxylic acids is 1. The van der Waals surface area contributed by atoms with Crippen molar-refractivity contribution in [1.82, 2.24) is 14.9 Å². The minimum absolute atomic E-state index is 0.159. The first-order valence-corrected chi connectivity index (χ1v) is 12.0. The molecule has 0 saturated carbocycles. The van der Waals surface area contributed by atoms with Crippen LogP contribution in [-0.2, 0) is 4.79 Å². The van der Waals surface area contributed by atoms with E-state index in [0.717, 1.165) is 49.8 Å². The zero-order valence-corrected chi connectivity index (χ0v) is 18.5. The topological polar surface area (TPSA) is 49.3 Å². The molecule has 4 aromatic rings. The van der Waals surface area contributed by atoms with Gasteiger partial charge in [0.15, 0.2) is 0 Å². The summed E-state index contributed by atoms with van der Waals surface area (Å²) < 4.78 is 0. The molecule has 0 unspecified atom stereocenters. The van der Waals surface area contributed by atoms with E-state index >= 15 is 0 Å². The second-order valence-electron chi connectivity index (χ2n) is 7.09. The maximum Gasteiger partial charge on any atom is 0.233 e. The average molecular weight is 455 g/mol. The van der Waals surface area contributed by atoms with Gasteiger partial charge in [-0.2, -0.15) is 0 Å². The molecule has 0 aliphatic carbocycles. The average Bonchev–Trinajstić information content (AvgIpc) is 3.27. The minimum atomic E-state index is 0.159. The van der Waals surface area contributed by atoms with Crippen LogP contribution in [0, 0.1) is 0 Å². The molecule has 3 heterocycles. The molecule has 5 rings (SSSR count). The molecule has 1 fully saturated rings. The number of anilines is 1. The summed E-state index contributed by atoms with van der Waals surface area (Å²) in [6.45, 7) is 2.95. The van der Waals surface area contributed by atoms with Crippen LogP contribution >= 0.6 is 34.7 Å². The van der Waals surface area contributed by atoms with Crippen LogP contribution in [0.4, 0.5) is 5.82 Å². The third-order valence-electron chi connectivity index (χ3n) is 5.34. The lowest BCUT2D eigenvalue weighted by Crippen LogP contribution is -2.49. The summed E-state index contributed by atoms with van der Waals surface area (Å²) in [5.41, 5.74) is 0. The van der Waals surface area contributed by atoms with Crippen molar-refractivity contribution >= 4 is 67.4 Å². The number of carbonyl (C=O) groups is 1. The second kappa shape index (κ2) is 8.41. The molecule has 2 aromatic carbocycles. The number of hydrogen-bond donors (Lipinski definition) is 0. The number of rotatable bonds is 4. The fraction of sp³-hybridized carbons (Fsp3) is 0.227. The van der Waals surface area contributed by atoms with Crippen LogP contribution in [0.2, 0.25) is 5.02 Å². The molecule has 0 radical (unpaired) electrons. The lowest BCUT2D eigenvalue weighted by Gasteiger charge is -2.35. The smallest absolute Gasteiger partial charge is 0.233 e. The van der Waals surface area contributed by atoms with Gasteiger partial charge in [0.25, 0.3) is 0 Å². The molecular formula is C22H19ClN4OS2. The molecule has 8 heteroatoms. The Labute approximate surface area is 187 Å². The van der Waals surface area contributed by atoms with Crippen molar-refractivity contribution in [3.8, 4) is 0 Å². The molecule has 2 aromatic heterocycles. The van der Waals surface area contributed by atoms with Crippen LogP contribution in [0.25, 0.3) is 21.0 Å². The van der Waals surface area contributed by atoms with E-state index < -0.39 is 0 Å². The predicted octanol–water partition coefficient (Wildman–Crippen LogP) is 4.94. The number of thiophene rings is 1. The maximum absolute atomic E-state index is 12.8. The molecule has 1 saturated heterocycles. The van der Waals surface area contributed by atoms with Crippen LogP contribution in [0.1, 0.15) is 0 Å². The fourth-order valence-electron chi connectivity index (χ4n) is 3.81. The monoisotopic (exact) mass is 454 g/mol. The van der Waals surface area contributed by atoms with E-state index in [1.165, 1.54) is 0 Å². The van der Waals surface area contributed by atoms with Gasteiger partial charge in [-0.1, -0.05) is 35.9 Å². The van der Waals surface area contributed by atoms with Crippen molar-refractivity contribution in [3.05, 3.63) is 59.2 Å². The molecular weight excluding hydrogens is 436 g/mol. The summed E-state index contributed by atoms with van der Waals surface area (Å²) in [4.78, 5) is 27.9. The van der Waals surface area contributed by atoms with Crippen LogP contribution in [0.15, 0.2) is 59.1 Å². The minimum Gasteiger partial charge on any atom is -0.352 e. The Morgan fingerprint density at radius 1 is 1.07 bits per heavy atom. The van der Waals surface area contributed by atoms with Crippen molar-refractivity contribution in [2.75, 3.05) is 36.8 Å². The van der Waals surface area contributed by atoms with Crippen molar-refractivity contribution in [3.63, 3.8) is 0 Å². The number of fused-ring (bicyclic) bond motifs is 2. The number of nitrogens with zero attached hydrogens (tertiary/aromatic N) is 4. The summed E-state index contributed by atoms with van der Waals surface area (Å²) in [7, 11) is 0. The van der Waals surface area contributed by atoms with Gasteiger partial charge in [0, 0.05) is 41.5 Å². The van der Waals surface area contributed by atoms with Gasteiger partial charge in [0.1, 0.15) is 17.0 Å². The number of thioether (sulfide) groups is 1. The number of amides is 1. The van der Waals surface area contributed by atoms with Gasteiger partial charge in [-0.15, -0.1) is 23.1 Å². The zero-order valence-electron chi connectivity index (χ0n) is 16.1. The molecule has 30 heavy (non-hydrogen) atoms. The normalized spacial score (nSPS) is 14.6. The molecule has 0 spiro atoms. The Morgan fingerprint density at radius 2 is 1.87 bits per heavy atom. The second-order valence-corrected chi connectivity index (χ2v) is 9.41. The number of benzene rings is 2. The highest BCUT2D eigenvalue weighted by Gasteiger charge is 2.23. The highest BCUT2D eigenvalue weighted by molar-refractivity contribution is 8.00. The summed E-state index contributed by atoms with van der Waals surface area (Å²) in [5, 5.41) is 5.97. The van der Waals surface area contributed by atoms with E-state index in [2.05, 4.69) is 20.9 Å². The van der Waals surface area contributed by atoms with E-state index in [9.17, 15) is 4.79 Å². The third kappa shape index (κ3) is 3.73. The van der Waals surface area contributed by atoms with Crippen LogP contribution in [0.5, 0.6) is 0 Å². The van der Waals surface area contributed by atoms with Gasteiger partial charge in [0.2, 0.25) is 5.91 Å². The van der Waals surface area contributed by atoms with E-state index in [1.807, 2.05) is 46.7 Å². The first kappa shape index (κ1) is 19.6. The molecule has 5 nitrogen and oxygen atoms in total. The largest absolute Gasteiger partial charge is 0.352 e. The van der Waals surface area contributed by atoms with Gasteiger partial charge < -0.3 is 9.80 Å². The quantitative estimate of drug-likeness (QED) is 0.409. The Kier molecular flexibility index (Phi) is 5.50. The van der Waals surface area contributed by atoms with Crippen molar-refractivity contribution in [1.29, 1.82) is 0 Å². The van der Waals surface area contributed by atoms with E-state index in [1.54, 1.807) is 29.4 Å². The number of hydrogen-bond acceptors (Lipinski definition) is 6. The first-order valence-electron chi connectivity index (χ1n) is 9.72. The van der Waals surface area contributed by atoms with Crippen molar-refractivity contribution in [2.45, 2.75) is 4.90 Å². The van der Waals surface area contributed by atoms with Crippen LogP contribution in [0.3, 0.4) is 0 Å². The Morgan fingerprint density at radius 3 is 2.70 bits per heavy atom. The number of piperazine rings is 1. The van der Waals surface area contributed by atoms with Gasteiger partial charge in [-0.25, -0.2) is 9.97 Å². The van der Waals surface area contributed by atoms with Gasteiger partial charge >= 0.3 is 0 Å². The predicted molar refractivity (Wildman–Crippen MR) is 126 cm³/mol. The standard InChI is InChI=1S/C22H19ClN4OS2/c23-17-5-1-3-15-4-2-6-18(20(15)17)30-13-19(28)26-8-10-27(11-9-26)21-16-7-12-29-22(16)25-14-24-21/h1-7,12,14H,8-11,13H2. The SMILES string of the molecule is O=C(CSc1cccc2cccc(Cl)c12)N1CCN(c2ncnc3sccc23)CC1. The Balaban J connectivity index is 1.23. The van der Waals surface area contributed by atoms with Gasteiger partial charge in [0.05, 0.1) is 11.1 Å². The first-order chi connectivity index (χ1) is 14.7. The number of aromatic nitrogens is 2. The Bertz CT molecular complexity index is 1210. The summed E-state index contributed by atoms with van der Waals surface area (Å²) >= 11 is 9.59. The maximum atomic E-state index is 12.8. The summed E-state index contributed by atoms with van der Waals surface area (Å²) in [5.74, 6) is 1.53. The lowest BCUT2D eigenvalue weighted by atomic mass is 10.1. The molecule has 1 amide bonds. The number of halogens is 1. The summed E-state index contributed by atoms with van der Waals surface area (Å²) in [6.07, 6.45) is 1.62. The van der Waals surface area contributed by atoms with E-state index in [0.29, 0.717) is 18.8 Å². The molecule has 0 bridgehead atoms. The van der Waals surface area contributed by atoms with Crippen molar-refractivity contribution in [2.24, 2.45) is 0 Å². The lowest BCUT2D eigenvalue weighted by molar-refractivity contribution is -0.128. The van der Waals surface area contributed by atoms with Crippen LogP contribution in [-0.4, -0.2) is 52.7 Å². The van der Waals surface area contributed by atoms with Crippen molar-refractivity contribution < 1.29 is 4.79 Å². The Hall–Kier alpha value is -2.35. The fourth-order valence-corrected chi connectivity index (χ4v) is 5.89. The van der Waals surface area contributed by atoms with E-state index in [-0.39, 0.29) is 5.91 Å². The zero-order chi connectivity index (χ0) is 20.5. The molecule has 1 aliphatic heterocycles. The third-order valence-corrected chi connectivity index (χ3v) is 7.52. The van der Waals surface area contributed by atoms with Crippen LogP contribution < -0.4 is 4.90 Å². The highest BCUT2D eigenvalue weighted by atomic mass is 35.5. The van der Waals surface area contributed by atoms with E-state index in [4.69, 9.17) is 11.6 Å². The van der Waals surface area contributed by atoms with Gasteiger partial charge in [-0.3, -0.25) is 4.79 Å².